The molecule has 1 saturated heterocycles. The van der Waals surface area contributed by atoms with Gasteiger partial charge in [-0.25, -0.2) is 0 Å². The smallest absolute Gasteiger partial charge is 0.306 e. The Kier molecular flexibility index (Phi) is 3.35. The average Bonchev–Trinajstić information content (AvgIpc) is 3.10. The molecule has 4 aliphatic carbocycles. The Labute approximate surface area is 151 Å². The minimum absolute atomic E-state index is 0.0306. The van der Waals surface area contributed by atoms with Crippen LogP contribution in [-0.4, -0.2) is 22.8 Å². The molecule has 4 fully saturated rings. The van der Waals surface area contributed by atoms with Crippen LogP contribution in [0.2, 0.25) is 0 Å². The minimum atomic E-state index is -0.159. The second kappa shape index (κ2) is 5.12. The first-order valence-corrected chi connectivity index (χ1v) is 10.5. The van der Waals surface area contributed by atoms with E-state index in [2.05, 4.69) is 19.9 Å². The van der Waals surface area contributed by atoms with E-state index >= 15 is 0 Å². The summed E-state index contributed by atoms with van der Waals surface area (Å²) in [5.41, 5.74) is 1.85. The zero-order valence-corrected chi connectivity index (χ0v) is 15.7. The summed E-state index contributed by atoms with van der Waals surface area (Å²) >= 11 is 0. The van der Waals surface area contributed by atoms with E-state index in [4.69, 9.17) is 4.74 Å². The Morgan fingerprint density at radius 1 is 1.08 bits per heavy atom. The van der Waals surface area contributed by atoms with E-state index in [-0.39, 0.29) is 23.1 Å². The quantitative estimate of drug-likeness (QED) is 0.524. The normalized spacial score (nSPS) is 54.5. The molecule has 3 nitrogen and oxygen atoms in total. The van der Waals surface area contributed by atoms with E-state index in [0.29, 0.717) is 17.8 Å². The van der Waals surface area contributed by atoms with Crippen LogP contribution in [0.1, 0.15) is 78.1 Å². The van der Waals surface area contributed by atoms with E-state index in [1.807, 2.05) is 0 Å². The Morgan fingerprint density at radius 2 is 1.88 bits per heavy atom. The number of aliphatic hydroxyl groups excluding tert-OH is 1. The highest BCUT2D eigenvalue weighted by atomic mass is 16.6. The molecule has 138 valence electrons. The fourth-order valence-corrected chi connectivity index (χ4v) is 7.94. The van der Waals surface area contributed by atoms with Crippen molar-refractivity contribution in [3.63, 3.8) is 0 Å². The zero-order valence-electron chi connectivity index (χ0n) is 15.7. The van der Waals surface area contributed by atoms with Crippen molar-refractivity contribution in [2.75, 3.05) is 0 Å². The van der Waals surface area contributed by atoms with Gasteiger partial charge in [0, 0.05) is 11.8 Å². The van der Waals surface area contributed by atoms with Crippen LogP contribution in [0.4, 0.5) is 0 Å². The first kappa shape index (κ1) is 16.4. The van der Waals surface area contributed by atoms with Crippen LogP contribution in [-0.2, 0) is 9.53 Å². The molecule has 1 unspecified atom stereocenters. The SMILES string of the molecule is C[C@]12CC[C@H](O)CC1=CC[C@@H]1C2CC[C@@]2(C)[C@H]1CC[C@@]21CCC(=O)O1. The zero-order chi connectivity index (χ0) is 17.4. The molecule has 25 heavy (non-hydrogen) atoms. The summed E-state index contributed by atoms with van der Waals surface area (Å²) in [6.45, 7) is 4.91. The lowest BCUT2D eigenvalue weighted by molar-refractivity contribution is -0.167. The van der Waals surface area contributed by atoms with Crippen molar-refractivity contribution >= 4 is 5.97 Å². The summed E-state index contributed by atoms with van der Waals surface area (Å²) in [7, 11) is 0. The number of ether oxygens (including phenoxy) is 1. The van der Waals surface area contributed by atoms with Gasteiger partial charge < -0.3 is 9.84 Å². The van der Waals surface area contributed by atoms with Crippen LogP contribution in [0, 0.1) is 28.6 Å². The maximum absolute atomic E-state index is 11.9. The molecule has 1 heterocycles. The molecule has 1 N–H and O–H groups in total. The predicted molar refractivity (Wildman–Crippen MR) is 95.8 cm³/mol. The predicted octanol–water partition coefficient (Wildman–Crippen LogP) is 4.39. The van der Waals surface area contributed by atoms with Gasteiger partial charge in [0.1, 0.15) is 5.60 Å². The number of esters is 1. The number of rotatable bonds is 0. The van der Waals surface area contributed by atoms with E-state index < -0.39 is 0 Å². The fraction of sp³-hybridized carbons (Fsp3) is 0.864. The molecule has 3 heteroatoms. The Balaban J connectivity index is 1.49. The molecular weight excluding hydrogens is 312 g/mol. The highest BCUT2D eigenvalue weighted by Crippen LogP contribution is 2.69. The Morgan fingerprint density at radius 3 is 2.64 bits per heavy atom. The number of fused-ring (bicyclic) bond motifs is 6. The molecule has 5 rings (SSSR count). The highest BCUT2D eigenvalue weighted by molar-refractivity contribution is 5.72. The van der Waals surface area contributed by atoms with Crippen LogP contribution in [0.5, 0.6) is 0 Å². The molecule has 3 saturated carbocycles. The van der Waals surface area contributed by atoms with E-state index in [1.54, 1.807) is 0 Å². The monoisotopic (exact) mass is 344 g/mol. The lowest BCUT2D eigenvalue weighted by Crippen LogP contribution is -2.54. The summed E-state index contributed by atoms with van der Waals surface area (Å²) in [5, 5.41) is 10.1. The molecule has 0 radical (unpaired) electrons. The van der Waals surface area contributed by atoms with Crippen LogP contribution in [0.15, 0.2) is 11.6 Å². The van der Waals surface area contributed by atoms with Crippen molar-refractivity contribution in [2.24, 2.45) is 28.6 Å². The van der Waals surface area contributed by atoms with Gasteiger partial charge in [0.15, 0.2) is 0 Å². The van der Waals surface area contributed by atoms with Gasteiger partial charge in [-0.05, 0) is 81.0 Å². The van der Waals surface area contributed by atoms with Crippen molar-refractivity contribution in [3.8, 4) is 0 Å². The standard InChI is InChI=1S/C22H32O3/c1-20-9-5-15(23)13-14(20)3-4-16-17(20)6-10-21(2)18(16)7-11-22(21)12-8-19(24)25-22/h3,15-18,23H,4-13H2,1-2H3/t15-,16+,17?,18-,20-,21-,22+/m0/s1. The summed E-state index contributed by atoms with van der Waals surface area (Å²) in [5.74, 6) is 2.22. The molecule has 0 aromatic carbocycles. The number of aliphatic hydroxyl groups is 1. The van der Waals surface area contributed by atoms with Crippen molar-refractivity contribution in [1.82, 2.24) is 0 Å². The first-order valence-electron chi connectivity index (χ1n) is 10.5. The maximum Gasteiger partial charge on any atom is 0.306 e. The van der Waals surface area contributed by atoms with E-state index in [0.717, 1.165) is 43.9 Å². The lowest BCUT2D eigenvalue weighted by atomic mass is 9.47. The van der Waals surface area contributed by atoms with Crippen LogP contribution in [0.3, 0.4) is 0 Å². The van der Waals surface area contributed by atoms with Crippen LogP contribution < -0.4 is 0 Å². The number of allylic oxidation sites excluding steroid dienone is 1. The van der Waals surface area contributed by atoms with Crippen molar-refractivity contribution in [3.05, 3.63) is 11.6 Å². The topological polar surface area (TPSA) is 46.5 Å². The lowest BCUT2D eigenvalue weighted by Gasteiger charge is -2.59. The third-order valence-corrected chi connectivity index (χ3v) is 9.41. The molecule has 0 aromatic rings. The maximum atomic E-state index is 11.9. The summed E-state index contributed by atoms with van der Waals surface area (Å²) in [6, 6.07) is 0. The van der Waals surface area contributed by atoms with Crippen molar-refractivity contribution in [2.45, 2.75) is 89.8 Å². The molecule has 1 spiro atoms. The Bertz CT molecular complexity index is 639. The fourth-order valence-electron chi connectivity index (χ4n) is 7.94. The number of hydrogen-bond donors (Lipinski definition) is 1. The van der Waals surface area contributed by atoms with Gasteiger partial charge in [0.2, 0.25) is 0 Å². The van der Waals surface area contributed by atoms with Gasteiger partial charge in [0.05, 0.1) is 6.10 Å². The number of carbonyl (C=O) groups is 1. The molecular formula is C22H32O3. The average molecular weight is 344 g/mol. The molecule has 0 aromatic heterocycles. The number of hydrogen-bond acceptors (Lipinski definition) is 3. The Hall–Kier alpha value is -0.830. The largest absolute Gasteiger partial charge is 0.458 e. The van der Waals surface area contributed by atoms with Gasteiger partial charge in [-0.1, -0.05) is 25.5 Å². The van der Waals surface area contributed by atoms with Gasteiger partial charge in [0.25, 0.3) is 0 Å². The molecule has 0 bridgehead atoms. The van der Waals surface area contributed by atoms with Crippen LogP contribution >= 0.6 is 0 Å². The van der Waals surface area contributed by atoms with Gasteiger partial charge in [-0.2, -0.15) is 0 Å². The summed E-state index contributed by atoms with van der Waals surface area (Å²) in [6.07, 6.45) is 12.9. The van der Waals surface area contributed by atoms with Gasteiger partial charge >= 0.3 is 5.97 Å². The third-order valence-electron chi connectivity index (χ3n) is 9.41. The molecule has 0 amide bonds. The summed E-state index contributed by atoms with van der Waals surface area (Å²) < 4.78 is 6.02. The van der Waals surface area contributed by atoms with E-state index in [9.17, 15) is 9.90 Å². The second-order valence-corrected chi connectivity index (χ2v) is 10.1. The van der Waals surface area contributed by atoms with Gasteiger partial charge in [-0.3, -0.25) is 4.79 Å². The van der Waals surface area contributed by atoms with Crippen molar-refractivity contribution in [1.29, 1.82) is 0 Å². The third kappa shape index (κ3) is 1.99. The number of carbonyl (C=O) groups excluding carboxylic acids is 1. The van der Waals surface area contributed by atoms with Crippen molar-refractivity contribution < 1.29 is 14.6 Å². The second-order valence-electron chi connectivity index (χ2n) is 10.1. The van der Waals surface area contributed by atoms with Gasteiger partial charge in [-0.15, -0.1) is 0 Å². The summed E-state index contributed by atoms with van der Waals surface area (Å²) in [4.78, 5) is 11.9. The first-order chi connectivity index (χ1) is 11.9. The minimum Gasteiger partial charge on any atom is -0.458 e. The van der Waals surface area contributed by atoms with Crippen LogP contribution in [0.25, 0.3) is 0 Å². The highest BCUT2D eigenvalue weighted by Gasteiger charge is 2.66. The molecule has 1 aliphatic heterocycles. The van der Waals surface area contributed by atoms with E-state index in [1.165, 1.54) is 31.3 Å². The molecule has 5 aliphatic rings. The molecule has 7 atom stereocenters.